The van der Waals surface area contributed by atoms with Crippen molar-refractivity contribution in [1.29, 1.82) is 0 Å². The Labute approximate surface area is 90.2 Å². The molecule has 82 valence electrons. The van der Waals surface area contributed by atoms with Gasteiger partial charge in [-0.1, -0.05) is 12.1 Å². The summed E-state index contributed by atoms with van der Waals surface area (Å²) in [6.07, 6.45) is 2.05. The molecular formula is C12H17NO2. The van der Waals surface area contributed by atoms with E-state index in [2.05, 4.69) is 4.74 Å². The number of nitrogens with two attached hydrogens (primary N) is 1. The molecule has 0 aliphatic rings. The van der Waals surface area contributed by atoms with E-state index in [0.717, 1.165) is 29.7 Å². The number of nitrogen functional groups attached to an aromatic ring is 1. The maximum Gasteiger partial charge on any atom is 0.305 e. The van der Waals surface area contributed by atoms with E-state index in [-0.39, 0.29) is 5.97 Å². The van der Waals surface area contributed by atoms with Gasteiger partial charge in [0.25, 0.3) is 0 Å². The highest BCUT2D eigenvalue weighted by molar-refractivity contribution is 5.69. The molecule has 0 heterocycles. The maximum atomic E-state index is 10.9. The minimum Gasteiger partial charge on any atom is -0.469 e. The molecule has 0 atom stereocenters. The average Bonchev–Trinajstić information content (AvgIpc) is 2.21. The number of benzene rings is 1. The zero-order valence-electron chi connectivity index (χ0n) is 9.25. The largest absolute Gasteiger partial charge is 0.469 e. The highest BCUT2D eigenvalue weighted by Gasteiger charge is 2.03. The summed E-state index contributed by atoms with van der Waals surface area (Å²) >= 11 is 0. The predicted molar refractivity (Wildman–Crippen MR) is 60.5 cm³/mol. The van der Waals surface area contributed by atoms with Crippen molar-refractivity contribution in [3.8, 4) is 0 Å². The lowest BCUT2D eigenvalue weighted by Crippen LogP contribution is -2.01. The number of anilines is 1. The fraction of sp³-hybridized carbons (Fsp3) is 0.417. The smallest absolute Gasteiger partial charge is 0.305 e. The topological polar surface area (TPSA) is 52.3 Å². The van der Waals surface area contributed by atoms with Crippen LogP contribution in [-0.4, -0.2) is 13.1 Å². The summed E-state index contributed by atoms with van der Waals surface area (Å²) in [6.45, 7) is 2.01. The van der Waals surface area contributed by atoms with Crippen molar-refractivity contribution in [2.24, 2.45) is 0 Å². The third-order valence-electron chi connectivity index (χ3n) is 2.36. The standard InChI is InChI=1S/C12H17NO2/c1-9-6-7-10(11(13)8-9)4-3-5-12(14)15-2/h6-8H,3-5,13H2,1-2H3. The fourth-order valence-corrected chi connectivity index (χ4v) is 1.47. The van der Waals surface area contributed by atoms with Crippen LogP contribution in [0.15, 0.2) is 18.2 Å². The highest BCUT2D eigenvalue weighted by Crippen LogP contribution is 2.16. The molecule has 0 spiro atoms. The van der Waals surface area contributed by atoms with Gasteiger partial charge >= 0.3 is 5.97 Å². The van der Waals surface area contributed by atoms with E-state index in [4.69, 9.17) is 5.73 Å². The third kappa shape index (κ3) is 3.62. The van der Waals surface area contributed by atoms with Gasteiger partial charge in [-0.15, -0.1) is 0 Å². The zero-order chi connectivity index (χ0) is 11.3. The molecule has 3 heteroatoms. The number of esters is 1. The van der Waals surface area contributed by atoms with E-state index in [1.807, 2.05) is 25.1 Å². The molecule has 1 aromatic carbocycles. The molecule has 1 aromatic rings. The lowest BCUT2D eigenvalue weighted by Gasteiger charge is -2.05. The van der Waals surface area contributed by atoms with Crippen LogP contribution in [0.3, 0.4) is 0 Å². The normalized spacial score (nSPS) is 10.0. The van der Waals surface area contributed by atoms with Crippen LogP contribution in [0.2, 0.25) is 0 Å². The molecule has 2 N–H and O–H groups in total. The summed E-state index contributed by atoms with van der Waals surface area (Å²) in [7, 11) is 1.41. The van der Waals surface area contributed by atoms with E-state index in [1.165, 1.54) is 7.11 Å². The van der Waals surface area contributed by atoms with Gasteiger partial charge in [-0.2, -0.15) is 0 Å². The highest BCUT2D eigenvalue weighted by atomic mass is 16.5. The molecular weight excluding hydrogens is 190 g/mol. The van der Waals surface area contributed by atoms with Crippen molar-refractivity contribution in [3.63, 3.8) is 0 Å². The molecule has 0 unspecified atom stereocenters. The second-order valence-electron chi connectivity index (χ2n) is 3.63. The third-order valence-corrected chi connectivity index (χ3v) is 2.36. The van der Waals surface area contributed by atoms with Crippen LogP contribution in [0.4, 0.5) is 5.69 Å². The average molecular weight is 207 g/mol. The zero-order valence-corrected chi connectivity index (χ0v) is 9.25. The van der Waals surface area contributed by atoms with Crippen molar-refractivity contribution in [1.82, 2.24) is 0 Å². The number of carbonyl (C=O) groups excluding carboxylic acids is 1. The van der Waals surface area contributed by atoms with Gasteiger partial charge in [-0.3, -0.25) is 4.79 Å². The summed E-state index contributed by atoms with van der Waals surface area (Å²) in [5, 5.41) is 0. The Kier molecular flexibility index (Phi) is 4.16. The van der Waals surface area contributed by atoms with Gasteiger partial charge < -0.3 is 10.5 Å². The summed E-state index contributed by atoms with van der Waals surface area (Å²) in [5.41, 5.74) is 8.92. The number of hydrogen-bond acceptors (Lipinski definition) is 3. The van der Waals surface area contributed by atoms with Crippen molar-refractivity contribution in [2.75, 3.05) is 12.8 Å². The summed E-state index contributed by atoms with van der Waals surface area (Å²) in [4.78, 5) is 10.9. The Morgan fingerprint density at radius 2 is 2.20 bits per heavy atom. The molecule has 0 aliphatic heterocycles. The van der Waals surface area contributed by atoms with Crippen molar-refractivity contribution < 1.29 is 9.53 Å². The van der Waals surface area contributed by atoms with E-state index in [1.54, 1.807) is 0 Å². The second kappa shape index (κ2) is 5.39. The minimum absolute atomic E-state index is 0.166. The van der Waals surface area contributed by atoms with Gasteiger partial charge in [-0.05, 0) is 37.0 Å². The maximum absolute atomic E-state index is 10.9. The van der Waals surface area contributed by atoms with Gasteiger partial charge in [-0.25, -0.2) is 0 Å². The van der Waals surface area contributed by atoms with Crippen LogP contribution < -0.4 is 5.73 Å². The number of rotatable bonds is 4. The van der Waals surface area contributed by atoms with E-state index in [9.17, 15) is 4.79 Å². The Morgan fingerprint density at radius 3 is 2.80 bits per heavy atom. The van der Waals surface area contributed by atoms with Gasteiger partial charge in [0.2, 0.25) is 0 Å². The molecule has 0 amide bonds. The quantitative estimate of drug-likeness (QED) is 0.607. The fourth-order valence-electron chi connectivity index (χ4n) is 1.47. The van der Waals surface area contributed by atoms with Crippen LogP contribution in [0.1, 0.15) is 24.0 Å². The number of methoxy groups -OCH3 is 1. The summed E-state index contributed by atoms with van der Waals surface area (Å²) < 4.78 is 4.57. The molecule has 0 saturated carbocycles. The van der Waals surface area contributed by atoms with Gasteiger partial charge in [0.05, 0.1) is 7.11 Å². The first-order valence-corrected chi connectivity index (χ1v) is 5.05. The first-order chi connectivity index (χ1) is 7.13. The second-order valence-corrected chi connectivity index (χ2v) is 3.63. The number of aryl methyl sites for hydroxylation is 2. The van der Waals surface area contributed by atoms with Crippen LogP contribution in [0.25, 0.3) is 0 Å². The van der Waals surface area contributed by atoms with Crippen molar-refractivity contribution in [3.05, 3.63) is 29.3 Å². The first-order valence-electron chi connectivity index (χ1n) is 5.05. The van der Waals surface area contributed by atoms with Crippen molar-refractivity contribution in [2.45, 2.75) is 26.2 Å². The first kappa shape index (κ1) is 11.6. The van der Waals surface area contributed by atoms with Crippen LogP contribution in [0, 0.1) is 6.92 Å². The van der Waals surface area contributed by atoms with E-state index < -0.39 is 0 Å². The molecule has 0 radical (unpaired) electrons. The number of ether oxygens (including phenoxy) is 1. The monoisotopic (exact) mass is 207 g/mol. The molecule has 3 nitrogen and oxygen atoms in total. The number of hydrogen-bond donors (Lipinski definition) is 1. The minimum atomic E-state index is -0.166. The lowest BCUT2D eigenvalue weighted by molar-refractivity contribution is -0.140. The Morgan fingerprint density at radius 1 is 1.47 bits per heavy atom. The molecule has 0 aliphatic carbocycles. The SMILES string of the molecule is COC(=O)CCCc1ccc(C)cc1N. The molecule has 0 aromatic heterocycles. The van der Waals surface area contributed by atoms with E-state index >= 15 is 0 Å². The molecule has 0 bridgehead atoms. The van der Waals surface area contributed by atoms with Gasteiger partial charge in [0.1, 0.15) is 0 Å². The summed E-state index contributed by atoms with van der Waals surface area (Å²) in [5.74, 6) is -0.166. The van der Waals surface area contributed by atoms with Crippen LogP contribution in [0.5, 0.6) is 0 Å². The van der Waals surface area contributed by atoms with Gasteiger partial charge in [0, 0.05) is 12.1 Å². The predicted octanol–water partition coefficient (Wildman–Crippen LogP) is 2.07. The van der Waals surface area contributed by atoms with Gasteiger partial charge in [0.15, 0.2) is 0 Å². The van der Waals surface area contributed by atoms with Crippen LogP contribution in [-0.2, 0) is 16.0 Å². The Balaban J connectivity index is 2.47. The lowest BCUT2D eigenvalue weighted by atomic mass is 10.0. The molecule has 0 saturated heterocycles. The Bertz CT molecular complexity index is 347. The molecule has 0 fully saturated rings. The molecule has 1 rings (SSSR count). The Hall–Kier alpha value is -1.51. The van der Waals surface area contributed by atoms with E-state index in [0.29, 0.717) is 6.42 Å². The summed E-state index contributed by atoms with van der Waals surface area (Å²) in [6, 6.07) is 6.00. The molecule has 15 heavy (non-hydrogen) atoms. The van der Waals surface area contributed by atoms with Crippen LogP contribution >= 0.6 is 0 Å². The van der Waals surface area contributed by atoms with Crippen molar-refractivity contribution >= 4 is 11.7 Å². The number of carbonyl (C=O) groups is 1.